The minimum atomic E-state index is -4.79. The fraction of sp³-hybridized carbons (Fsp3) is 0.429. The number of methoxy groups -OCH3 is 1. The fourth-order valence-corrected chi connectivity index (χ4v) is 2.15. The lowest BCUT2D eigenvalue weighted by atomic mass is 10.1. The number of halogens is 3. The Hall–Kier alpha value is -1.90. The fourth-order valence-electron chi connectivity index (χ4n) is 1.68. The molecule has 0 saturated carbocycles. The van der Waals surface area contributed by atoms with E-state index in [1.54, 1.807) is 0 Å². The SMILES string of the molecule is COC(=O)[C@H](CCSC)NC(=O)c1ccc(OC(F)(F)F)cc1. The number of rotatable bonds is 7. The van der Waals surface area contributed by atoms with E-state index >= 15 is 0 Å². The maximum absolute atomic E-state index is 12.1. The molecule has 23 heavy (non-hydrogen) atoms. The summed E-state index contributed by atoms with van der Waals surface area (Å²) in [4.78, 5) is 23.7. The van der Waals surface area contributed by atoms with Crippen LogP contribution >= 0.6 is 11.8 Å². The molecule has 0 aliphatic heterocycles. The lowest BCUT2D eigenvalue weighted by molar-refractivity contribution is -0.274. The van der Waals surface area contributed by atoms with Crippen molar-refractivity contribution in [2.45, 2.75) is 18.8 Å². The van der Waals surface area contributed by atoms with Gasteiger partial charge in [-0.15, -0.1) is 13.2 Å². The number of thioether (sulfide) groups is 1. The van der Waals surface area contributed by atoms with Gasteiger partial charge in [0.05, 0.1) is 7.11 Å². The molecule has 0 radical (unpaired) electrons. The molecule has 0 aliphatic carbocycles. The lowest BCUT2D eigenvalue weighted by Gasteiger charge is -2.16. The second-order valence-electron chi connectivity index (χ2n) is 4.40. The molecule has 1 rings (SSSR count). The zero-order valence-corrected chi connectivity index (χ0v) is 13.3. The van der Waals surface area contributed by atoms with Crippen molar-refractivity contribution in [1.82, 2.24) is 5.32 Å². The van der Waals surface area contributed by atoms with Gasteiger partial charge in [-0.3, -0.25) is 4.79 Å². The van der Waals surface area contributed by atoms with E-state index in [2.05, 4.69) is 14.8 Å². The molecule has 1 aromatic rings. The number of hydrogen-bond donors (Lipinski definition) is 1. The van der Waals surface area contributed by atoms with Crippen molar-refractivity contribution < 1.29 is 32.2 Å². The molecule has 1 N–H and O–H groups in total. The third-order valence-corrected chi connectivity index (χ3v) is 3.40. The number of carbonyl (C=O) groups is 2. The molecule has 0 fully saturated rings. The van der Waals surface area contributed by atoms with Gasteiger partial charge in [0.25, 0.3) is 5.91 Å². The van der Waals surface area contributed by atoms with Crippen LogP contribution in [0.25, 0.3) is 0 Å². The number of nitrogens with one attached hydrogen (secondary N) is 1. The number of amides is 1. The van der Waals surface area contributed by atoms with Crippen LogP contribution in [0.4, 0.5) is 13.2 Å². The second-order valence-corrected chi connectivity index (χ2v) is 5.39. The summed E-state index contributed by atoms with van der Waals surface area (Å²) in [5.41, 5.74) is 0.109. The number of esters is 1. The maximum Gasteiger partial charge on any atom is 0.573 e. The summed E-state index contributed by atoms with van der Waals surface area (Å²) in [5, 5.41) is 2.50. The molecular weight excluding hydrogens is 335 g/mol. The number of carbonyl (C=O) groups excluding carboxylic acids is 2. The van der Waals surface area contributed by atoms with Crippen molar-refractivity contribution in [3.05, 3.63) is 29.8 Å². The molecule has 1 amide bonds. The Labute approximate surface area is 135 Å². The van der Waals surface area contributed by atoms with Gasteiger partial charge in [-0.1, -0.05) is 0 Å². The highest BCUT2D eigenvalue weighted by Crippen LogP contribution is 2.22. The molecule has 0 aliphatic rings. The van der Waals surface area contributed by atoms with Crippen LogP contribution in [0.15, 0.2) is 24.3 Å². The van der Waals surface area contributed by atoms with Crippen LogP contribution in [0.5, 0.6) is 5.75 Å². The highest BCUT2D eigenvalue weighted by atomic mass is 32.2. The van der Waals surface area contributed by atoms with Crippen molar-refractivity contribution in [3.8, 4) is 5.75 Å². The molecule has 0 spiro atoms. The van der Waals surface area contributed by atoms with Crippen molar-refractivity contribution in [1.29, 1.82) is 0 Å². The van der Waals surface area contributed by atoms with E-state index in [0.29, 0.717) is 12.2 Å². The summed E-state index contributed by atoms with van der Waals surface area (Å²) in [6, 6.07) is 3.60. The van der Waals surface area contributed by atoms with Crippen molar-refractivity contribution in [2.24, 2.45) is 0 Å². The summed E-state index contributed by atoms with van der Waals surface area (Å²) in [6.07, 6.45) is -2.55. The highest BCUT2D eigenvalue weighted by molar-refractivity contribution is 7.98. The first-order valence-corrected chi connectivity index (χ1v) is 7.89. The molecule has 0 bridgehead atoms. The van der Waals surface area contributed by atoms with Crippen LogP contribution in [0, 0.1) is 0 Å². The van der Waals surface area contributed by atoms with Crippen molar-refractivity contribution in [3.63, 3.8) is 0 Å². The Morgan fingerprint density at radius 3 is 2.35 bits per heavy atom. The van der Waals surface area contributed by atoms with E-state index in [0.717, 1.165) is 12.1 Å². The van der Waals surface area contributed by atoms with Crippen molar-refractivity contribution >= 4 is 23.6 Å². The standard InChI is InChI=1S/C14H16F3NO4S/c1-21-13(20)11(7-8-23-2)18-12(19)9-3-5-10(6-4-9)22-14(15,16)17/h3-6,11H,7-8H2,1-2H3,(H,18,19)/t11-/m0/s1. The van der Waals surface area contributed by atoms with Crippen LogP contribution in [0.3, 0.4) is 0 Å². The van der Waals surface area contributed by atoms with Gasteiger partial charge in [-0.2, -0.15) is 11.8 Å². The Morgan fingerprint density at radius 1 is 1.26 bits per heavy atom. The third kappa shape index (κ3) is 6.81. The Kier molecular flexibility index (Phi) is 7.21. The monoisotopic (exact) mass is 351 g/mol. The molecule has 128 valence electrons. The van der Waals surface area contributed by atoms with E-state index in [9.17, 15) is 22.8 Å². The first-order chi connectivity index (χ1) is 10.8. The molecule has 0 unspecified atom stereocenters. The second kappa shape index (κ2) is 8.66. The van der Waals surface area contributed by atoms with E-state index in [4.69, 9.17) is 0 Å². The summed E-state index contributed by atoms with van der Waals surface area (Å²) >= 11 is 1.51. The minimum Gasteiger partial charge on any atom is -0.467 e. The van der Waals surface area contributed by atoms with Gasteiger partial charge in [0.15, 0.2) is 0 Å². The first kappa shape index (κ1) is 19.1. The Bertz CT molecular complexity index is 534. The topological polar surface area (TPSA) is 64.6 Å². The Morgan fingerprint density at radius 2 is 1.87 bits per heavy atom. The van der Waals surface area contributed by atoms with Gasteiger partial charge >= 0.3 is 12.3 Å². The van der Waals surface area contributed by atoms with Gasteiger partial charge in [0, 0.05) is 5.56 Å². The van der Waals surface area contributed by atoms with E-state index in [1.165, 1.54) is 31.0 Å². The van der Waals surface area contributed by atoms with E-state index in [-0.39, 0.29) is 5.56 Å². The summed E-state index contributed by atoms with van der Waals surface area (Å²) in [7, 11) is 1.21. The average molecular weight is 351 g/mol. The smallest absolute Gasteiger partial charge is 0.467 e. The predicted molar refractivity (Wildman–Crippen MR) is 79.4 cm³/mol. The van der Waals surface area contributed by atoms with E-state index < -0.39 is 30.0 Å². The van der Waals surface area contributed by atoms with Gasteiger partial charge in [-0.05, 0) is 42.7 Å². The van der Waals surface area contributed by atoms with Crippen LogP contribution in [0.2, 0.25) is 0 Å². The minimum absolute atomic E-state index is 0.109. The quantitative estimate of drug-likeness (QED) is 0.765. The normalized spacial score (nSPS) is 12.4. The highest BCUT2D eigenvalue weighted by Gasteiger charge is 2.31. The van der Waals surface area contributed by atoms with Gasteiger partial charge in [0.1, 0.15) is 11.8 Å². The van der Waals surface area contributed by atoms with Crippen LogP contribution in [-0.4, -0.2) is 43.4 Å². The summed E-state index contributed by atoms with van der Waals surface area (Å²) < 4.78 is 44.5. The zero-order valence-electron chi connectivity index (χ0n) is 12.5. The number of ether oxygens (including phenoxy) is 2. The van der Waals surface area contributed by atoms with E-state index in [1.807, 2.05) is 6.26 Å². The molecule has 9 heteroatoms. The molecule has 0 saturated heterocycles. The maximum atomic E-state index is 12.1. The summed E-state index contributed by atoms with van der Waals surface area (Å²) in [6.45, 7) is 0. The zero-order chi connectivity index (χ0) is 17.5. The first-order valence-electron chi connectivity index (χ1n) is 6.50. The summed E-state index contributed by atoms with van der Waals surface area (Å²) in [5.74, 6) is -0.955. The lowest BCUT2D eigenvalue weighted by Crippen LogP contribution is -2.41. The van der Waals surface area contributed by atoms with Gasteiger partial charge in [-0.25, -0.2) is 4.79 Å². The average Bonchev–Trinajstić information content (AvgIpc) is 2.49. The number of hydrogen-bond acceptors (Lipinski definition) is 5. The van der Waals surface area contributed by atoms with Crippen LogP contribution < -0.4 is 10.1 Å². The Balaban J connectivity index is 2.73. The third-order valence-electron chi connectivity index (χ3n) is 2.75. The molecule has 5 nitrogen and oxygen atoms in total. The molecule has 1 aromatic carbocycles. The van der Waals surface area contributed by atoms with Gasteiger partial charge in [0.2, 0.25) is 0 Å². The molecule has 1 atom stereocenters. The van der Waals surface area contributed by atoms with Crippen LogP contribution in [0.1, 0.15) is 16.8 Å². The molecular formula is C14H16F3NO4S. The molecule has 0 aromatic heterocycles. The number of alkyl halides is 3. The van der Waals surface area contributed by atoms with Crippen molar-refractivity contribution in [2.75, 3.05) is 19.1 Å². The van der Waals surface area contributed by atoms with Gasteiger partial charge < -0.3 is 14.8 Å². The number of benzene rings is 1. The van der Waals surface area contributed by atoms with Crippen LogP contribution in [-0.2, 0) is 9.53 Å². The molecule has 0 heterocycles. The largest absolute Gasteiger partial charge is 0.573 e. The predicted octanol–water partition coefficient (Wildman–Crippen LogP) is 2.61.